The van der Waals surface area contributed by atoms with E-state index in [1.165, 1.54) is 16.4 Å². The van der Waals surface area contributed by atoms with Gasteiger partial charge in [-0.05, 0) is 48.7 Å². The summed E-state index contributed by atoms with van der Waals surface area (Å²) in [5, 5.41) is 3.35. The standard InChI is InChI=1S/C21H25ClN2O4S/c1-21(20(25)23-15-16-6-8-18(28-2)9-7-16)10-12-24(13-11-21)29(26,27)19-5-3-4-17(22)14-19/h3-9,14H,10-13,15H2,1-2H3,(H,23,25). The second kappa shape index (κ2) is 8.73. The number of nitrogens with zero attached hydrogens (tertiary/aromatic N) is 1. The molecule has 1 amide bonds. The highest BCUT2D eigenvalue weighted by Gasteiger charge is 2.40. The Hall–Kier alpha value is -2.09. The van der Waals surface area contributed by atoms with E-state index in [-0.39, 0.29) is 10.8 Å². The summed E-state index contributed by atoms with van der Waals surface area (Å²) in [7, 11) is -2.01. The number of ether oxygens (including phenoxy) is 1. The first kappa shape index (κ1) is 21.6. The minimum Gasteiger partial charge on any atom is -0.497 e. The van der Waals surface area contributed by atoms with Crippen molar-refractivity contribution in [1.29, 1.82) is 0 Å². The molecule has 1 heterocycles. The third-order valence-electron chi connectivity index (χ3n) is 5.42. The number of nitrogens with one attached hydrogen (secondary N) is 1. The summed E-state index contributed by atoms with van der Waals surface area (Å²) < 4.78 is 32.2. The number of carbonyl (C=O) groups excluding carboxylic acids is 1. The maximum atomic E-state index is 12.8. The summed E-state index contributed by atoms with van der Waals surface area (Å²) in [4.78, 5) is 12.9. The van der Waals surface area contributed by atoms with Gasteiger partial charge < -0.3 is 10.1 Å². The van der Waals surface area contributed by atoms with Crippen LogP contribution < -0.4 is 10.1 Å². The van der Waals surface area contributed by atoms with Crippen molar-refractivity contribution in [3.63, 3.8) is 0 Å². The first-order valence-corrected chi connectivity index (χ1v) is 11.2. The second-order valence-electron chi connectivity index (χ2n) is 7.45. The fourth-order valence-electron chi connectivity index (χ4n) is 3.36. The molecule has 0 unspecified atom stereocenters. The van der Waals surface area contributed by atoms with Crippen LogP contribution in [0.25, 0.3) is 0 Å². The molecular formula is C21H25ClN2O4S. The van der Waals surface area contributed by atoms with Gasteiger partial charge in [-0.2, -0.15) is 4.31 Å². The van der Waals surface area contributed by atoms with E-state index >= 15 is 0 Å². The average molecular weight is 437 g/mol. The summed E-state index contributed by atoms with van der Waals surface area (Å²) >= 11 is 5.94. The van der Waals surface area contributed by atoms with Crippen LogP contribution in [0.2, 0.25) is 5.02 Å². The van der Waals surface area contributed by atoms with Crippen molar-refractivity contribution < 1.29 is 17.9 Å². The molecule has 1 fully saturated rings. The van der Waals surface area contributed by atoms with Gasteiger partial charge in [0.1, 0.15) is 5.75 Å². The van der Waals surface area contributed by atoms with Gasteiger partial charge in [-0.1, -0.05) is 36.7 Å². The molecule has 0 saturated carbocycles. The Morgan fingerprint density at radius 2 is 1.83 bits per heavy atom. The summed E-state index contributed by atoms with van der Waals surface area (Å²) in [5.74, 6) is 0.702. The molecule has 2 aromatic rings. The monoisotopic (exact) mass is 436 g/mol. The van der Waals surface area contributed by atoms with Crippen molar-refractivity contribution in [2.24, 2.45) is 5.41 Å². The SMILES string of the molecule is COc1ccc(CNC(=O)C2(C)CCN(S(=O)(=O)c3cccc(Cl)c3)CC2)cc1. The van der Waals surface area contributed by atoms with Crippen LogP contribution in [0.5, 0.6) is 5.75 Å². The fourth-order valence-corrected chi connectivity index (χ4v) is 5.11. The molecule has 156 valence electrons. The van der Waals surface area contributed by atoms with Crippen molar-refractivity contribution in [2.45, 2.75) is 31.2 Å². The zero-order valence-electron chi connectivity index (χ0n) is 16.5. The maximum Gasteiger partial charge on any atom is 0.243 e. The number of benzene rings is 2. The van der Waals surface area contributed by atoms with Crippen LogP contribution in [-0.2, 0) is 21.4 Å². The molecule has 1 N–H and O–H groups in total. The zero-order chi connectivity index (χ0) is 21.1. The van der Waals surface area contributed by atoms with Gasteiger partial charge in [0.15, 0.2) is 0 Å². The third kappa shape index (κ3) is 4.91. The van der Waals surface area contributed by atoms with Crippen LogP contribution in [0.15, 0.2) is 53.4 Å². The molecule has 29 heavy (non-hydrogen) atoms. The zero-order valence-corrected chi connectivity index (χ0v) is 18.1. The van der Waals surface area contributed by atoms with Gasteiger partial charge in [0.25, 0.3) is 0 Å². The largest absolute Gasteiger partial charge is 0.497 e. The lowest BCUT2D eigenvalue weighted by molar-refractivity contribution is -0.132. The number of halogens is 1. The van der Waals surface area contributed by atoms with Crippen molar-refractivity contribution in [3.8, 4) is 5.75 Å². The van der Waals surface area contributed by atoms with Crippen LogP contribution in [0.4, 0.5) is 0 Å². The van der Waals surface area contributed by atoms with Gasteiger partial charge in [-0.3, -0.25) is 4.79 Å². The van der Waals surface area contributed by atoms with Crippen molar-refractivity contribution in [2.75, 3.05) is 20.2 Å². The smallest absolute Gasteiger partial charge is 0.243 e. The Morgan fingerprint density at radius 1 is 1.17 bits per heavy atom. The summed E-state index contributed by atoms with van der Waals surface area (Å²) in [6, 6.07) is 13.8. The van der Waals surface area contributed by atoms with E-state index in [2.05, 4.69) is 5.32 Å². The van der Waals surface area contributed by atoms with Crippen molar-refractivity contribution in [1.82, 2.24) is 9.62 Å². The van der Waals surface area contributed by atoms with Gasteiger partial charge in [0, 0.05) is 30.1 Å². The molecule has 2 aromatic carbocycles. The Balaban J connectivity index is 1.59. The molecule has 1 aliphatic heterocycles. The predicted octanol–water partition coefficient (Wildman–Crippen LogP) is 3.46. The molecule has 0 radical (unpaired) electrons. The Bertz CT molecular complexity index is 968. The van der Waals surface area contributed by atoms with E-state index in [9.17, 15) is 13.2 Å². The van der Waals surface area contributed by atoms with Gasteiger partial charge >= 0.3 is 0 Å². The summed E-state index contributed by atoms with van der Waals surface area (Å²) in [6.45, 7) is 2.89. The number of sulfonamides is 1. The van der Waals surface area contributed by atoms with Gasteiger partial charge in [-0.25, -0.2) is 8.42 Å². The van der Waals surface area contributed by atoms with Gasteiger partial charge in [0.05, 0.1) is 12.0 Å². The Labute approximate surface area is 176 Å². The quantitative estimate of drug-likeness (QED) is 0.752. The number of rotatable bonds is 6. The number of amides is 1. The summed E-state index contributed by atoms with van der Waals surface area (Å²) in [5.41, 5.74) is 0.371. The second-order valence-corrected chi connectivity index (χ2v) is 9.83. The maximum absolute atomic E-state index is 12.8. The van der Waals surface area contributed by atoms with Crippen LogP contribution in [0.3, 0.4) is 0 Å². The number of methoxy groups -OCH3 is 1. The first-order valence-electron chi connectivity index (χ1n) is 9.41. The lowest BCUT2D eigenvalue weighted by Gasteiger charge is -2.37. The Morgan fingerprint density at radius 3 is 2.41 bits per heavy atom. The minimum absolute atomic E-state index is 0.0619. The lowest BCUT2D eigenvalue weighted by atomic mass is 9.80. The topological polar surface area (TPSA) is 75.7 Å². The molecule has 0 spiro atoms. The molecule has 1 saturated heterocycles. The summed E-state index contributed by atoms with van der Waals surface area (Å²) in [6.07, 6.45) is 0.919. The van der Waals surface area contributed by atoms with Crippen molar-refractivity contribution in [3.05, 3.63) is 59.1 Å². The Kier molecular flexibility index (Phi) is 6.51. The average Bonchev–Trinajstić information content (AvgIpc) is 2.72. The molecular weight excluding hydrogens is 412 g/mol. The number of hydrogen-bond donors (Lipinski definition) is 1. The van der Waals surface area contributed by atoms with Crippen LogP contribution in [0.1, 0.15) is 25.3 Å². The molecule has 0 aliphatic carbocycles. The molecule has 8 heteroatoms. The molecule has 3 rings (SSSR count). The number of carbonyl (C=O) groups is 1. The first-order chi connectivity index (χ1) is 13.7. The van der Waals surface area contributed by atoms with E-state index < -0.39 is 15.4 Å². The van der Waals surface area contributed by atoms with Gasteiger partial charge in [0.2, 0.25) is 15.9 Å². The molecule has 0 atom stereocenters. The fraction of sp³-hybridized carbons (Fsp3) is 0.381. The van der Waals surface area contributed by atoms with E-state index in [0.29, 0.717) is 37.5 Å². The van der Waals surface area contributed by atoms with E-state index in [1.807, 2.05) is 31.2 Å². The normalized spacial score (nSPS) is 16.9. The third-order valence-corrected chi connectivity index (χ3v) is 7.55. The van der Waals surface area contributed by atoms with Crippen LogP contribution in [0, 0.1) is 5.41 Å². The number of hydrogen-bond acceptors (Lipinski definition) is 4. The minimum atomic E-state index is -3.62. The molecule has 0 bridgehead atoms. The highest BCUT2D eigenvalue weighted by atomic mass is 35.5. The highest BCUT2D eigenvalue weighted by molar-refractivity contribution is 7.89. The van der Waals surface area contributed by atoms with Crippen LogP contribution >= 0.6 is 11.6 Å². The molecule has 1 aliphatic rings. The molecule has 0 aromatic heterocycles. The highest BCUT2D eigenvalue weighted by Crippen LogP contribution is 2.34. The lowest BCUT2D eigenvalue weighted by Crippen LogP contribution is -2.48. The van der Waals surface area contributed by atoms with Gasteiger partial charge in [-0.15, -0.1) is 0 Å². The van der Waals surface area contributed by atoms with Crippen molar-refractivity contribution >= 4 is 27.5 Å². The predicted molar refractivity (Wildman–Crippen MR) is 112 cm³/mol. The molecule has 6 nitrogen and oxygen atoms in total. The van der Waals surface area contributed by atoms with E-state index in [4.69, 9.17) is 16.3 Å². The van der Waals surface area contributed by atoms with Crippen LogP contribution in [-0.4, -0.2) is 38.8 Å². The number of piperidine rings is 1. The van der Waals surface area contributed by atoms with E-state index in [1.54, 1.807) is 19.2 Å². The van der Waals surface area contributed by atoms with E-state index in [0.717, 1.165) is 11.3 Å².